The molecule has 1 heterocycles. The van der Waals surface area contributed by atoms with E-state index in [-0.39, 0.29) is 0 Å². The molecule has 0 amide bonds. The summed E-state index contributed by atoms with van der Waals surface area (Å²) in [7, 11) is 0. The Labute approximate surface area is 241 Å². The summed E-state index contributed by atoms with van der Waals surface area (Å²) in [6, 6.07) is 52.6. The van der Waals surface area contributed by atoms with Gasteiger partial charge in [-0.05, 0) is 57.0 Å². The minimum Gasteiger partial charge on any atom is -0.247 e. The van der Waals surface area contributed by atoms with E-state index in [4.69, 9.17) is 4.98 Å². The smallest absolute Gasteiger partial charge is 0.0794 e. The topological polar surface area (TPSA) is 12.9 Å². The molecule has 0 unspecified atom stereocenters. The van der Waals surface area contributed by atoms with E-state index in [0.29, 0.717) is 0 Å². The highest BCUT2D eigenvalue weighted by molar-refractivity contribution is 9.10. The molecule has 0 radical (unpaired) electrons. The van der Waals surface area contributed by atoms with Gasteiger partial charge in [-0.2, -0.15) is 0 Å². The summed E-state index contributed by atoms with van der Waals surface area (Å²) in [5, 5.41) is 3.62. The van der Waals surface area contributed by atoms with Crippen molar-refractivity contribution in [1.29, 1.82) is 0 Å². The molecule has 0 aliphatic heterocycles. The van der Waals surface area contributed by atoms with Crippen LogP contribution in [0.25, 0.3) is 44.1 Å². The third-order valence-electron chi connectivity index (χ3n) is 8.40. The van der Waals surface area contributed by atoms with Crippen LogP contribution in [0.5, 0.6) is 0 Å². The van der Waals surface area contributed by atoms with E-state index in [2.05, 4.69) is 162 Å². The molecule has 1 aromatic heterocycles. The number of nitrogens with zero attached hydrogens (tertiary/aromatic N) is 1. The fourth-order valence-electron chi connectivity index (χ4n) is 6.80. The molecule has 1 aliphatic carbocycles. The minimum atomic E-state index is -0.439. The zero-order chi connectivity index (χ0) is 26.7. The Bertz CT molecular complexity index is 2010. The lowest BCUT2D eigenvalue weighted by Crippen LogP contribution is -2.28. The molecular weight excluding hydrogens is 550 g/mol. The number of benzene rings is 6. The Kier molecular flexibility index (Phi) is 5.26. The average Bonchev–Trinajstić information content (AvgIpc) is 3.33. The quantitative estimate of drug-likeness (QED) is 0.191. The van der Waals surface area contributed by atoms with Gasteiger partial charge in [0.25, 0.3) is 0 Å². The van der Waals surface area contributed by atoms with Crippen LogP contribution in [0.2, 0.25) is 0 Å². The van der Waals surface area contributed by atoms with Gasteiger partial charge in [0.05, 0.1) is 16.6 Å². The molecule has 6 aromatic carbocycles. The first-order valence-electron chi connectivity index (χ1n) is 13.6. The lowest BCUT2D eigenvalue weighted by Gasteiger charge is -2.34. The second kappa shape index (κ2) is 9.01. The normalized spacial score (nSPS) is 13.3. The molecule has 0 bridgehead atoms. The predicted molar refractivity (Wildman–Crippen MR) is 170 cm³/mol. The number of fused-ring (bicyclic) bond motifs is 7. The van der Waals surface area contributed by atoms with E-state index in [1.807, 2.05) is 0 Å². The largest absolute Gasteiger partial charge is 0.247 e. The van der Waals surface area contributed by atoms with E-state index in [1.54, 1.807) is 0 Å². The molecule has 1 nitrogen and oxygen atoms in total. The van der Waals surface area contributed by atoms with E-state index in [1.165, 1.54) is 49.5 Å². The van der Waals surface area contributed by atoms with Gasteiger partial charge in [-0.15, -0.1) is 0 Å². The highest BCUT2D eigenvalue weighted by Gasteiger charge is 2.46. The van der Waals surface area contributed by atoms with E-state index < -0.39 is 5.41 Å². The lowest BCUT2D eigenvalue weighted by molar-refractivity contribution is 0.769. The molecule has 188 valence electrons. The average molecular weight is 575 g/mol. The van der Waals surface area contributed by atoms with Crippen molar-refractivity contribution in [3.63, 3.8) is 0 Å². The van der Waals surface area contributed by atoms with Crippen LogP contribution in [-0.4, -0.2) is 4.98 Å². The Hall–Kier alpha value is -4.53. The number of hydrogen-bond acceptors (Lipinski definition) is 1. The van der Waals surface area contributed by atoms with Crippen molar-refractivity contribution in [2.24, 2.45) is 0 Å². The number of hydrogen-bond donors (Lipinski definition) is 0. The van der Waals surface area contributed by atoms with Gasteiger partial charge >= 0.3 is 0 Å². The third-order valence-corrected chi connectivity index (χ3v) is 8.93. The van der Waals surface area contributed by atoms with Crippen LogP contribution in [0.3, 0.4) is 0 Å². The molecule has 0 N–H and O–H groups in total. The zero-order valence-corrected chi connectivity index (χ0v) is 23.3. The Morgan fingerprint density at radius 3 is 1.85 bits per heavy atom. The Morgan fingerprint density at radius 2 is 1.12 bits per heavy atom. The molecule has 40 heavy (non-hydrogen) atoms. The standard InChI is InChI=1S/C38H24BrN/c39-28-21-19-25(20-22-28)37-36-30(29-15-8-10-18-34(29)40-37)23-24-33-35(36)31-16-7-9-17-32(31)38(33,26-11-3-1-4-12-26)27-13-5-2-6-14-27/h1-24H. The zero-order valence-electron chi connectivity index (χ0n) is 21.7. The highest BCUT2D eigenvalue weighted by Crippen LogP contribution is 2.58. The van der Waals surface area contributed by atoms with Gasteiger partial charge in [0.1, 0.15) is 0 Å². The Balaban J connectivity index is 1.61. The maximum atomic E-state index is 5.33. The second-order valence-electron chi connectivity index (χ2n) is 10.4. The van der Waals surface area contributed by atoms with Crippen molar-refractivity contribution in [1.82, 2.24) is 4.98 Å². The number of para-hydroxylation sites is 1. The van der Waals surface area contributed by atoms with Crippen LogP contribution < -0.4 is 0 Å². The van der Waals surface area contributed by atoms with Gasteiger partial charge in [-0.25, -0.2) is 4.98 Å². The van der Waals surface area contributed by atoms with Crippen molar-refractivity contribution >= 4 is 37.6 Å². The summed E-state index contributed by atoms with van der Waals surface area (Å²) in [5.74, 6) is 0. The fourth-order valence-corrected chi connectivity index (χ4v) is 7.06. The summed E-state index contributed by atoms with van der Waals surface area (Å²) < 4.78 is 1.06. The van der Waals surface area contributed by atoms with Crippen LogP contribution in [-0.2, 0) is 5.41 Å². The first-order chi connectivity index (χ1) is 19.8. The number of pyridine rings is 1. The van der Waals surface area contributed by atoms with Gasteiger partial charge in [0.15, 0.2) is 0 Å². The molecule has 0 fully saturated rings. The maximum absolute atomic E-state index is 5.33. The third kappa shape index (κ3) is 3.23. The fraction of sp³-hybridized carbons (Fsp3) is 0.0263. The molecule has 1 aliphatic rings. The maximum Gasteiger partial charge on any atom is 0.0794 e. The molecule has 2 heteroatoms. The van der Waals surface area contributed by atoms with Gasteiger partial charge in [0.2, 0.25) is 0 Å². The van der Waals surface area contributed by atoms with Crippen LogP contribution in [0, 0.1) is 0 Å². The van der Waals surface area contributed by atoms with Gasteiger partial charge in [-0.3, -0.25) is 0 Å². The number of rotatable bonds is 3. The SMILES string of the molecule is Brc1ccc(-c2nc3ccccc3c3ccc4c(c23)-c2ccccc2C4(c2ccccc2)c2ccccc2)cc1. The predicted octanol–water partition coefficient (Wildman–Crippen LogP) is 10.2. The molecule has 7 aromatic rings. The summed E-state index contributed by atoms with van der Waals surface area (Å²) >= 11 is 3.62. The molecule has 0 spiro atoms. The van der Waals surface area contributed by atoms with Crippen LogP contribution in [0.1, 0.15) is 22.3 Å². The molecule has 0 atom stereocenters. The first kappa shape index (κ1) is 23.4. The van der Waals surface area contributed by atoms with E-state index in [0.717, 1.165) is 21.2 Å². The monoisotopic (exact) mass is 573 g/mol. The molecular formula is C38H24BrN. The molecule has 0 saturated carbocycles. The van der Waals surface area contributed by atoms with E-state index >= 15 is 0 Å². The van der Waals surface area contributed by atoms with Crippen molar-refractivity contribution in [3.8, 4) is 22.4 Å². The van der Waals surface area contributed by atoms with E-state index in [9.17, 15) is 0 Å². The molecule has 8 rings (SSSR count). The summed E-state index contributed by atoms with van der Waals surface area (Å²) in [5.41, 5.74) is 10.4. The second-order valence-corrected chi connectivity index (χ2v) is 11.3. The van der Waals surface area contributed by atoms with Crippen LogP contribution >= 0.6 is 15.9 Å². The summed E-state index contributed by atoms with van der Waals surface area (Å²) in [6.07, 6.45) is 0. The van der Waals surface area contributed by atoms with Gasteiger partial charge in [0, 0.05) is 20.8 Å². The van der Waals surface area contributed by atoms with Gasteiger partial charge in [-0.1, -0.05) is 143 Å². The minimum absolute atomic E-state index is 0.439. The Morgan fingerprint density at radius 1 is 0.500 bits per heavy atom. The first-order valence-corrected chi connectivity index (χ1v) is 14.4. The van der Waals surface area contributed by atoms with Crippen LogP contribution in [0.15, 0.2) is 150 Å². The summed E-state index contributed by atoms with van der Waals surface area (Å²) in [6.45, 7) is 0. The summed E-state index contributed by atoms with van der Waals surface area (Å²) in [4.78, 5) is 5.33. The highest BCUT2D eigenvalue weighted by atomic mass is 79.9. The van der Waals surface area contributed by atoms with Crippen LogP contribution in [0.4, 0.5) is 0 Å². The number of halogens is 1. The molecule has 0 saturated heterocycles. The lowest BCUT2D eigenvalue weighted by atomic mass is 9.67. The van der Waals surface area contributed by atoms with Crippen molar-refractivity contribution in [3.05, 3.63) is 172 Å². The van der Waals surface area contributed by atoms with Crippen molar-refractivity contribution < 1.29 is 0 Å². The number of aromatic nitrogens is 1. The van der Waals surface area contributed by atoms with Crippen molar-refractivity contribution in [2.75, 3.05) is 0 Å². The van der Waals surface area contributed by atoms with Gasteiger partial charge < -0.3 is 0 Å². The van der Waals surface area contributed by atoms with Crippen molar-refractivity contribution in [2.45, 2.75) is 5.41 Å².